The van der Waals surface area contributed by atoms with Crippen molar-refractivity contribution in [2.45, 2.75) is 0 Å². The molecule has 7 nitrogen and oxygen atoms in total. The van der Waals surface area contributed by atoms with Crippen LogP contribution in [0.4, 0.5) is 11.6 Å². The van der Waals surface area contributed by atoms with Crippen LogP contribution in [-0.4, -0.2) is 45.7 Å². The average Bonchev–Trinajstić information content (AvgIpc) is 2.98. The van der Waals surface area contributed by atoms with E-state index < -0.39 is 0 Å². The minimum atomic E-state index is -0.0813. The number of aryl methyl sites for hydroxylation is 1. The Morgan fingerprint density at radius 1 is 1.04 bits per heavy atom. The van der Waals surface area contributed by atoms with Gasteiger partial charge < -0.3 is 14.4 Å². The Balaban J connectivity index is 1.57. The molecule has 1 aliphatic heterocycles. The maximum absolute atomic E-state index is 12.2. The van der Waals surface area contributed by atoms with E-state index in [2.05, 4.69) is 24.8 Å². The van der Waals surface area contributed by atoms with Crippen LogP contribution in [-0.2, 0) is 7.05 Å². The van der Waals surface area contributed by atoms with Crippen LogP contribution in [0.25, 0.3) is 11.0 Å². The van der Waals surface area contributed by atoms with Gasteiger partial charge in [-0.2, -0.15) is 4.98 Å². The summed E-state index contributed by atoms with van der Waals surface area (Å²) in [4.78, 5) is 28.2. The molecular weight excluding hydrogens is 292 g/mol. The van der Waals surface area contributed by atoms with Gasteiger partial charge >= 0.3 is 0 Å². The molecule has 0 radical (unpaired) electrons. The molecule has 0 spiro atoms. The van der Waals surface area contributed by atoms with Gasteiger partial charge in [-0.15, -0.1) is 0 Å². The lowest BCUT2D eigenvalue weighted by Crippen LogP contribution is -2.47. The van der Waals surface area contributed by atoms with E-state index in [1.165, 1.54) is 5.69 Å². The van der Waals surface area contributed by atoms with E-state index in [-0.39, 0.29) is 5.56 Å². The van der Waals surface area contributed by atoms with E-state index >= 15 is 0 Å². The highest BCUT2D eigenvalue weighted by Gasteiger charge is 2.20. The Kier molecular flexibility index (Phi) is 3.25. The number of nitrogens with one attached hydrogen (secondary N) is 1. The first-order chi connectivity index (χ1) is 11.2. The SMILES string of the molecule is Cn1ccc2c(=O)[nH]c(N3CCN(c4ccncc4)CC3)nc21. The van der Waals surface area contributed by atoms with Crippen molar-refractivity contribution in [3.05, 3.63) is 47.1 Å². The van der Waals surface area contributed by atoms with E-state index in [0.29, 0.717) is 11.3 Å². The summed E-state index contributed by atoms with van der Waals surface area (Å²) in [5, 5.41) is 0.631. The molecule has 1 N–H and O–H groups in total. The topological polar surface area (TPSA) is 70.1 Å². The van der Waals surface area contributed by atoms with Crippen LogP contribution in [0.3, 0.4) is 0 Å². The molecule has 118 valence electrons. The Bertz CT molecular complexity index is 876. The monoisotopic (exact) mass is 310 g/mol. The fraction of sp³-hybridized carbons (Fsp3) is 0.312. The highest BCUT2D eigenvalue weighted by molar-refractivity contribution is 5.76. The number of piperazine rings is 1. The van der Waals surface area contributed by atoms with Crippen molar-refractivity contribution in [1.29, 1.82) is 0 Å². The van der Waals surface area contributed by atoms with E-state index in [1.54, 1.807) is 6.07 Å². The second kappa shape index (κ2) is 5.42. The van der Waals surface area contributed by atoms with Gasteiger partial charge in [-0.3, -0.25) is 14.8 Å². The lowest BCUT2D eigenvalue weighted by Gasteiger charge is -2.36. The van der Waals surface area contributed by atoms with Gasteiger partial charge in [-0.1, -0.05) is 0 Å². The molecule has 7 heteroatoms. The summed E-state index contributed by atoms with van der Waals surface area (Å²) in [6.45, 7) is 3.42. The van der Waals surface area contributed by atoms with Gasteiger partial charge in [0.15, 0.2) is 0 Å². The van der Waals surface area contributed by atoms with Crippen molar-refractivity contribution in [2.24, 2.45) is 7.05 Å². The first-order valence-electron chi connectivity index (χ1n) is 7.67. The minimum Gasteiger partial charge on any atom is -0.368 e. The molecular formula is C16H18N6O. The first kappa shape index (κ1) is 13.8. The van der Waals surface area contributed by atoms with Gasteiger partial charge in [-0.25, -0.2) is 0 Å². The Morgan fingerprint density at radius 3 is 2.48 bits per heavy atom. The number of fused-ring (bicyclic) bond motifs is 1. The lowest BCUT2D eigenvalue weighted by atomic mass is 10.3. The van der Waals surface area contributed by atoms with Crippen LogP contribution in [0.15, 0.2) is 41.6 Å². The molecule has 4 rings (SSSR count). The number of rotatable bonds is 2. The second-order valence-electron chi connectivity index (χ2n) is 5.73. The molecule has 0 unspecified atom stereocenters. The number of aromatic nitrogens is 4. The van der Waals surface area contributed by atoms with Gasteiger partial charge in [0.05, 0.1) is 5.39 Å². The fourth-order valence-electron chi connectivity index (χ4n) is 3.02. The van der Waals surface area contributed by atoms with E-state index in [0.717, 1.165) is 31.8 Å². The maximum atomic E-state index is 12.2. The fourth-order valence-corrected chi connectivity index (χ4v) is 3.02. The third kappa shape index (κ3) is 2.44. The molecule has 0 atom stereocenters. The lowest BCUT2D eigenvalue weighted by molar-refractivity contribution is 0.639. The zero-order chi connectivity index (χ0) is 15.8. The van der Waals surface area contributed by atoms with Crippen molar-refractivity contribution in [3.63, 3.8) is 0 Å². The smallest absolute Gasteiger partial charge is 0.261 e. The molecule has 3 aromatic heterocycles. The summed E-state index contributed by atoms with van der Waals surface area (Å²) in [5.74, 6) is 0.652. The molecule has 0 bridgehead atoms. The third-order valence-electron chi connectivity index (χ3n) is 4.33. The molecule has 3 aromatic rings. The van der Waals surface area contributed by atoms with Crippen LogP contribution in [0.2, 0.25) is 0 Å². The van der Waals surface area contributed by atoms with Crippen LogP contribution in [0.5, 0.6) is 0 Å². The third-order valence-corrected chi connectivity index (χ3v) is 4.33. The zero-order valence-corrected chi connectivity index (χ0v) is 12.9. The van der Waals surface area contributed by atoms with E-state index in [9.17, 15) is 4.79 Å². The van der Waals surface area contributed by atoms with E-state index in [4.69, 9.17) is 0 Å². The molecule has 0 saturated carbocycles. The zero-order valence-electron chi connectivity index (χ0n) is 12.9. The summed E-state index contributed by atoms with van der Waals surface area (Å²) < 4.78 is 1.88. The Labute approximate surface area is 133 Å². The summed E-state index contributed by atoms with van der Waals surface area (Å²) in [7, 11) is 1.90. The van der Waals surface area contributed by atoms with Crippen LogP contribution in [0, 0.1) is 0 Å². The number of hydrogen-bond acceptors (Lipinski definition) is 5. The molecule has 0 aliphatic carbocycles. The van der Waals surface area contributed by atoms with Crippen LogP contribution < -0.4 is 15.4 Å². The number of anilines is 2. The number of aromatic amines is 1. The number of pyridine rings is 1. The molecule has 1 fully saturated rings. The maximum Gasteiger partial charge on any atom is 0.261 e. The van der Waals surface area contributed by atoms with Crippen LogP contribution >= 0.6 is 0 Å². The number of hydrogen-bond donors (Lipinski definition) is 1. The van der Waals surface area contributed by atoms with Gasteiger partial charge in [0.2, 0.25) is 5.95 Å². The van der Waals surface area contributed by atoms with Gasteiger partial charge in [0, 0.05) is 57.5 Å². The molecule has 0 amide bonds. The standard InChI is InChI=1S/C16H18N6O/c1-20-7-4-13-14(20)18-16(19-15(13)23)22-10-8-21(9-11-22)12-2-5-17-6-3-12/h2-7H,8-11H2,1H3,(H,18,19,23). The van der Waals surface area contributed by atoms with E-state index in [1.807, 2.05) is 42.3 Å². The number of H-pyrrole nitrogens is 1. The van der Waals surface area contributed by atoms with Crippen molar-refractivity contribution in [2.75, 3.05) is 36.0 Å². The average molecular weight is 310 g/mol. The number of nitrogens with zero attached hydrogens (tertiary/aromatic N) is 5. The second-order valence-corrected chi connectivity index (χ2v) is 5.73. The first-order valence-corrected chi connectivity index (χ1v) is 7.67. The summed E-state index contributed by atoms with van der Waals surface area (Å²) in [5.41, 5.74) is 1.82. The van der Waals surface area contributed by atoms with Crippen molar-refractivity contribution >= 4 is 22.7 Å². The normalized spacial score (nSPS) is 15.3. The summed E-state index contributed by atoms with van der Waals surface area (Å²) >= 11 is 0. The van der Waals surface area contributed by atoms with Crippen molar-refractivity contribution in [1.82, 2.24) is 19.5 Å². The summed E-state index contributed by atoms with van der Waals surface area (Å²) in [6, 6.07) is 5.84. The molecule has 1 aliphatic rings. The Hall–Kier alpha value is -2.83. The highest BCUT2D eigenvalue weighted by atomic mass is 16.1. The van der Waals surface area contributed by atoms with Gasteiger partial charge in [0.1, 0.15) is 5.65 Å². The van der Waals surface area contributed by atoms with Crippen molar-refractivity contribution in [3.8, 4) is 0 Å². The molecule has 4 heterocycles. The summed E-state index contributed by atoms with van der Waals surface area (Å²) in [6.07, 6.45) is 5.48. The molecule has 0 aromatic carbocycles. The molecule has 23 heavy (non-hydrogen) atoms. The van der Waals surface area contributed by atoms with Crippen LogP contribution in [0.1, 0.15) is 0 Å². The van der Waals surface area contributed by atoms with Gasteiger partial charge in [-0.05, 0) is 18.2 Å². The Morgan fingerprint density at radius 2 is 1.74 bits per heavy atom. The van der Waals surface area contributed by atoms with Gasteiger partial charge in [0.25, 0.3) is 5.56 Å². The quantitative estimate of drug-likeness (QED) is 0.764. The van der Waals surface area contributed by atoms with Crippen molar-refractivity contribution < 1.29 is 0 Å². The molecule has 1 saturated heterocycles. The highest BCUT2D eigenvalue weighted by Crippen LogP contribution is 2.18. The predicted octanol–water partition coefficient (Wildman–Crippen LogP) is 0.983. The minimum absolute atomic E-state index is 0.0813. The largest absolute Gasteiger partial charge is 0.368 e. The predicted molar refractivity (Wildman–Crippen MR) is 90.0 cm³/mol.